The van der Waals surface area contributed by atoms with Gasteiger partial charge in [0.05, 0.1) is 22.5 Å². The molecule has 4 N–H and O–H groups in total. The molecule has 0 spiro atoms. The normalized spacial score (nSPS) is 15.6. The molecule has 4 rings (SSSR count). The molecule has 2 aliphatic heterocycles. The van der Waals surface area contributed by atoms with E-state index in [2.05, 4.69) is 10.6 Å². The molecule has 0 radical (unpaired) electrons. The van der Waals surface area contributed by atoms with Crippen LogP contribution in [0.2, 0.25) is 0 Å². The second-order valence-corrected chi connectivity index (χ2v) is 5.77. The number of carbonyl (C=O) groups excluding carboxylic acids is 3. The van der Waals surface area contributed by atoms with Crippen molar-refractivity contribution in [2.24, 2.45) is 0 Å². The minimum Gasteiger partial charge on any atom is -0.384 e. The molecule has 0 atom stereocenters. The number of nitrogens with zero attached hydrogens (tertiary/aromatic N) is 2. The molecule has 9 nitrogen and oxygen atoms in total. The fourth-order valence-electron chi connectivity index (χ4n) is 3.19. The number of nitrogen functional groups attached to an aromatic ring is 1. The van der Waals surface area contributed by atoms with Crippen LogP contribution in [0, 0.1) is 0 Å². The van der Waals surface area contributed by atoms with Gasteiger partial charge in [0.1, 0.15) is 5.82 Å². The zero-order chi connectivity index (χ0) is 17.9. The van der Waals surface area contributed by atoms with Crippen LogP contribution in [0.5, 0.6) is 0 Å². The van der Waals surface area contributed by atoms with Gasteiger partial charge in [-0.05, 0) is 12.1 Å². The van der Waals surface area contributed by atoms with E-state index in [1.807, 2.05) is 0 Å². The molecule has 2 aliphatic rings. The standard InChI is InChI=1S/C16H13N5O4/c1-20-9-3-2-4-10(8(9)6-18-16(20)25)21-11(22)5-7-12(13(21)17)15(24)19-14(7)23/h2-5H,6,17H2,1H3,(H,18,25)(H,19,23,24). The van der Waals surface area contributed by atoms with E-state index < -0.39 is 17.4 Å². The first kappa shape index (κ1) is 14.9. The second-order valence-electron chi connectivity index (χ2n) is 5.77. The molecule has 0 fully saturated rings. The minimum atomic E-state index is -0.641. The minimum absolute atomic E-state index is 0.0181. The van der Waals surface area contributed by atoms with Gasteiger partial charge in [-0.15, -0.1) is 0 Å². The number of aromatic nitrogens is 1. The van der Waals surface area contributed by atoms with Crippen molar-refractivity contribution in [1.82, 2.24) is 15.2 Å². The van der Waals surface area contributed by atoms with Crippen molar-refractivity contribution in [3.8, 4) is 5.69 Å². The summed E-state index contributed by atoms with van der Waals surface area (Å²) in [6.45, 7) is 0.211. The van der Waals surface area contributed by atoms with Gasteiger partial charge in [0.2, 0.25) is 0 Å². The van der Waals surface area contributed by atoms with Gasteiger partial charge in [-0.3, -0.25) is 29.2 Å². The van der Waals surface area contributed by atoms with Gasteiger partial charge in [-0.1, -0.05) is 6.07 Å². The molecule has 0 unspecified atom stereocenters. The number of anilines is 2. The Kier molecular flexibility index (Phi) is 2.95. The molecule has 0 bridgehead atoms. The van der Waals surface area contributed by atoms with Crippen LogP contribution in [0.4, 0.5) is 16.3 Å². The Balaban J connectivity index is 2.01. The maximum atomic E-state index is 12.6. The van der Waals surface area contributed by atoms with E-state index in [0.29, 0.717) is 16.9 Å². The van der Waals surface area contributed by atoms with E-state index in [1.54, 1.807) is 25.2 Å². The largest absolute Gasteiger partial charge is 0.384 e. The maximum Gasteiger partial charge on any atom is 0.321 e. The number of hydrogen-bond donors (Lipinski definition) is 3. The van der Waals surface area contributed by atoms with E-state index in [-0.39, 0.29) is 29.5 Å². The number of nitrogens with two attached hydrogens (primary N) is 1. The lowest BCUT2D eigenvalue weighted by Crippen LogP contribution is -2.42. The maximum absolute atomic E-state index is 12.6. The molecule has 25 heavy (non-hydrogen) atoms. The van der Waals surface area contributed by atoms with Gasteiger partial charge in [-0.2, -0.15) is 0 Å². The Bertz CT molecular complexity index is 1040. The first-order valence-corrected chi connectivity index (χ1v) is 7.45. The fraction of sp³-hybridized carbons (Fsp3) is 0.125. The number of hydrogen-bond acceptors (Lipinski definition) is 5. The number of benzene rings is 1. The van der Waals surface area contributed by atoms with Gasteiger partial charge in [0, 0.05) is 25.2 Å². The average Bonchev–Trinajstić information content (AvgIpc) is 2.85. The van der Waals surface area contributed by atoms with Crippen LogP contribution >= 0.6 is 0 Å². The van der Waals surface area contributed by atoms with E-state index in [1.165, 1.54) is 9.47 Å². The molecule has 0 aliphatic carbocycles. The summed E-state index contributed by atoms with van der Waals surface area (Å²) in [6.07, 6.45) is 0. The van der Waals surface area contributed by atoms with Crippen molar-refractivity contribution in [2.45, 2.75) is 6.54 Å². The molecular weight excluding hydrogens is 326 g/mol. The number of carbonyl (C=O) groups is 3. The Morgan fingerprint density at radius 3 is 2.56 bits per heavy atom. The summed E-state index contributed by atoms with van der Waals surface area (Å²) in [5, 5.41) is 4.83. The predicted molar refractivity (Wildman–Crippen MR) is 88.9 cm³/mol. The third-order valence-electron chi connectivity index (χ3n) is 4.40. The summed E-state index contributed by atoms with van der Waals surface area (Å²) in [4.78, 5) is 49.5. The van der Waals surface area contributed by atoms with Gasteiger partial charge < -0.3 is 11.1 Å². The number of imide groups is 1. The number of urea groups is 1. The molecule has 1 aromatic heterocycles. The summed E-state index contributed by atoms with van der Waals surface area (Å²) < 4.78 is 1.18. The van der Waals surface area contributed by atoms with Gasteiger partial charge >= 0.3 is 6.03 Å². The second kappa shape index (κ2) is 4.94. The van der Waals surface area contributed by atoms with Gasteiger partial charge in [0.15, 0.2) is 0 Å². The van der Waals surface area contributed by atoms with Crippen LogP contribution in [-0.2, 0) is 6.54 Å². The lowest BCUT2D eigenvalue weighted by atomic mass is 10.1. The lowest BCUT2D eigenvalue weighted by Gasteiger charge is -2.28. The molecule has 2 aromatic rings. The SMILES string of the molecule is CN1C(=O)NCc2c1cccc2-n1c(N)c2c(cc1=O)C(=O)NC2=O. The van der Waals surface area contributed by atoms with Crippen molar-refractivity contribution in [3.05, 3.63) is 51.3 Å². The number of pyridine rings is 1. The molecule has 126 valence electrons. The number of nitrogens with one attached hydrogen (secondary N) is 2. The zero-order valence-corrected chi connectivity index (χ0v) is 13.1. The van der Waals surface area contributed by atoms with E-state index >= 15 is 0 Å². The quantitative estimate of drug-likeness (QED) is 0.629. The summed E-state index contributed by atoms with van der Waals surface area (Å²) >= 11 is 0. The molecule has 0 saturated heterocycles. The van der Waals surface area contributed by atoms with Crippen molar-refractivity contribution in [1.29, 1.82) is 0 Å². The first-order chi connectivity index (χ1) is 11.9. The van der Waals surface area contributed by atoms with E-state index in [0.717, 1.165) is 6.07 Å². The number of amides is 4. The third-order valence-corrected chi connectivity index (χ3v) is 4.40. The molecule has 0 saturated carbocycles. The van der Waals surface area contributed by atoms with E-state index in [4.69, 9.17) is 5.73 Å². The Morgan fingerprint density at radius 1 is 1.08 bits per heavy atom. The molecule has 3 heterocycles. The topological polar surface area (TPSA) is 127 Å². The molecular formula is C16H13N5O4. The summed E-state index contributed by atoms with van der Waals surface area (Å²) in [7, 11) is 1.61. The number of fused-ring (bicyclic) bond motifs is 2. The first-order valence-electron chi connectivity index (χ1n) is 7.45. The highest BCUT2D eigenvalue weighted by atomic mass is 16.2. The van der Waals surface area contributed by atoms with Crippen LogP contribution in [0.25, 0.3) is 5.69 Å². The molecule has 1 aromatic carbocycles. The van der Waals surface area contributed by atoms with Gasteiger partial charge in [0.25, 0.3) is 17.4 Å². The third kappa shape index (κ3) is 1.95. The van der Waals surface area contributed by atoms with Crippen LogP contribution in [0.1, 0.15) is 26.3 Å². The Labute approximate surface area is 141 Å². The summed E-state index contributed by atoms with van der Waals surface area (Å²) in [5.74, 6) is -1.39. The molecule has 9 heteroatoms. The monoisotopic (exact) mass is 339 g/mol. The summed E-state index contributed by atoms with van der Waals surface area (Å²) in [6, 6.07) is 5.94. The highest BCUT2D eigenvalue weighted by Gasteiger charge is 2.33. The van der Waals surface area contributed by atoms with Crippen molar-refractivity contribution in [3.63, 3.8) is 0 Å². The Morgan fingerprint density at radius 2 is 1.80 bits per heavy atom. The highest BCUT2D eigenvalue weighted by molar-refractivity contribution is 6.23. The fourth-order valence-corrected chi connectivity index (χ4v) is 3.19. The number of rotatable bonds is 1. The van der Waals surface area contributed by atoms with Crippen molar-refractivity contribution < 1.29 is 14.4 Å². The van der Waals surface area contributed by atoms with Crippen LogP contribution < -0.4 is 26.8 Å². The highest BCUT2D eigenvalue weighted by Crippen LogP contribution is 2.31. The zero-order valence-electron chi connectivity index (χ0n) is 13.1. The van der Waals surface area contributed by atoms with Crippen molar-refractivity contribution in [2.75, 3.05) is 17.7 Å². The van der Waals surface area contributed by atoms with E-state index in [9.17, 15) is 19.2 Å². The molecule has 4 amide bonds. The van der Waals surface area contributed by atoms with Crippen LogP contribution in [0.3, 0.4) is 0 Å². The Hall–Kier alpha value is -3.62. The van der Waals surface area contributed by atoms with Gasteiger partial charge in [-0.25, -0.2) is 4.79 Å². The smallest absolute Gasteiger partial charge is 0.321 e. The average molecular weight is 339 g/mol. The van der Waals surface area contributed by atoms with Crippen LogP contribution in [0.15, 0.2) is 29.1 Å². The predicted octanol–water partition coefficient (Wildman–Crippen LogP) is -0.0373. The van der Waals surface area contributed by atoms with Crippen molar-refractivity contribution >= 4 is 29.4 Å². The summed E-state index contributed by atoms with van der Waals surface area (Å²) in [5.41, 5.74) is 7.25. The lowest BCUT2D eigenvalue weighted by molar-refractivity contribution is 0.0880. The van der Waals surface area contributed by atoms with Crippen LogP contribution in [-0.4, -0.2) is 29.5 Å².